The third kappa shape index (κ3) is 3.23. The SMILES string of the molecule is C.CCCS[C@@H]1CO[C@@H]2C(O[N+](=O)[O-])COC21. The van der Waals surface area contributed by atoms with E-state index in [0.717, 1.165) is 12.2 Å². The van der Waals surface area contributed by atoms with Crippen molar-refractivity contribution in [1.82, 2.24) is 0 Å². The number of thioether (sulfide) groups is 1. The van der Waals surface area contributed by atoms with Crippen molar-refractivity contribution in [3.63, 3.8) is 0 Å². The van der Waals surface area contributed by atoms with Crippen molar-refractivity contribution in [2.24, 2.45) is 0 Å². The predicted molar refractivity (Wildman–Crippen MR) is 64.6 cm³/mol. The Kier molecular flexibility index (Phi) is 5.48. The molecule has 0 bridgehead atoms. The van der Waals surface area contributed by atoms with Crippen LogP contribution in [0.25, 0.3) is 0 Å². The molecule has 2 fully saturated rings. The second kappa shape index (κ2) is 6.42. The summed E-state index contributed by atoms with van der Waals surface area (Å²) < 4.78 is 11.0. The molecule has 0 saturated carbocycles. The van der Waals surface area contributed by atoms with Crippen LogP contribution in [0, 0.1) is 10.1 Å². The normalized spacial score (nSPS) is 35.1. The Morgan fingerprint density at radius 1 is 1.41 bits per heavy atom. The zero-order valence-electron chi connectivity index (χ0n) is 9.03. The molecule has 0 aromatic rings. The fourth-order valence-corrected chi connectivity index (χ4v) is 3.18. The Morgan fingerprint density at radius 2 is 2.12 bits per heavy atom. The Balaban J connectivity index is 0.00000144. The Hall–Kier alpha value is -0.530. The molecule has 2 heterocycles. The van der Waals surface area contributed by atoms with Crippen LogP contribution < -0.4 is 0 Å². The Labute approximate surface area is 105 Å². The summed E-state index contributed by atoms with van der Waals surface area (Å²) in [6.07, 6.45) is 0.210. The van der Waals surface area contributed by atoms with Crippen LogP contribution in [-0.2, 0) is 14.3 Å². The maximum atomic E-state index is 10.3. The molecule has 2 aliphatic heterocycles. The van der Waals surface area contributed by atoms with Gasteiger partial charge in [0.15, 0.2) is 6.10 Å². The van der Waals surface area contributed by atoms with Crippen molar-refractivity contribution in [3.05, 3.63) is 10.1 Å². The summed E-state index contributed by atoms with van der Waals surface area (Å²) >= 11 is 1.81. The largest absolute Gasteiger partial charge is 0.372 e. The van der Waals surface area contributed by atoms with Gasteiger partial charge < -0.3 is 14.3 Å². The Bertz CT molecular complexity index is 265. The van der Waals surface area contributed by atoms with Crippen LogP contribution in [-0.4, -0.2) is 47.6 Å². The highest BCUT2D eigenvalue weighted by atomic mass is 32.2. The number of ether oxygens (including phenoxy) is 2. The predicted octanol–water partition coefficient (Wildman–Crippen LogP) is 1.51. The number of fused-ring (bicyclic) bond motifs is 1. The van der Waals surface area contributed by atoms with Crippen molar-refractivity contribution >= 4 is 11.8 Å². The average molecular weight is 265 g/mol. The Morgan fingerprint density at radius 3 is 2.76 bits per heavy atom. The van der Waals surface area contributed by atoms with Crippen LogP contribution in [0.1, 0.15) is 20.8 Å². The lowest BCUT2D eigenvalue weighted by molar-refractivity contribution is -0.769. The van der Waals surface area contributed by atoms with E-state index in [0.29, 0.717) is 6.61 Å². The molecule has 2 saturated heterocycles. The molecule has 0 aliphatic carbocycles. The minimum Gasteiger partial charge on any atom is -0.372 e. The van der Waals surface area contributed by atoms with E-state index in [1.165, 1.54) is 0 Å². The van der Waals surface area contributed by atoms with Crippen molar-refractivity contribution in [3.8, 4) is 0 Å². The molecule has 7 heteroatoms. The van der Waals surface area contributed by atoms with E-state index in [4.69, 9.17) is 9.47 Å². The van der Waals surface area contributed by atoms with E-state index < -0.39 is 11.2 Å². The van der Waals surface area contributed by atoms with Crippen LogP contribution in [0.15, 0.2) is 0 Å². The summed E-state index contributed by atoms with van der Waals surface area (Å²) in [5.41, 5.74) is 0. The van der Waals surface area contributed by atoms with Crippen molar-refractivity contribution in [1.29, 1.82) is 0 Å². The lowest BCUT2D eigenvalue weighted by atomic mass is 10.1. The molecule has 17 heavy (non-hydrogen) atoms. The quantitative estimate of drug-likeness (QED) is 0.554. The molecule has 100 valence electrons. The highest BCUT2D eigenvalue weighted by Crippen LogP contribution is 2.35. The van der Waals surface area contributed by atoms with Gasteiger partial charge in [0.25, 0.3) is 5.09 Å². The minimum atomic E-state index is -0.772. The van der Waals surface area contributed by atoms with Gasteiger partial charge in [-0.15, -0.1) is 10.1 Å². The molecule has 0 radical (unpaired) electrons. The number of nitrogens with zero attached hydrogens (tertiary/aromatic N) is 1. The first-order valence-electron chi connectivity index (χ1n) is 5.38. The summed E-state index contributed by atoms with van der Waals surface area (Å²) in [5, 5.41) is 9.78. The molecule has 2 rings (SSSR count). The van der Waals surface area contributed by atoms with Gasteiger partial charge in [-0.1, -0.05) is 14.4 Å². The molecule has 0 aromatic carbocycles. The van der Waals surface area contributed by atoms with Gasteiger partial charge in [-0.05, 0) is 12.2 Å². The second-order valence-electron chi connectivity index (χ2n) is 3.87. The number of hydrogen-bond donors (Lipinski definition) is 0. The van der Waals surface area contributed by atoms with Gasteiger partial charge in [0.2, 0.25) is 0 Å². The molecule has 0 amide bonds. The van der Waals surface area contributed by atoms with Gasteiger partial charge in [-0.3, -0.25) is 0 Å². The van der Waals surface area contributed by atoms with E-state index in [9.17, 15) is 10.1 Å². The summed E-state index contributed by atoms with van der Waals surface area (Å²) in [6, 6.07) is 0. The number of rotatable bonds is 5. The lowest BCUT2D eigenvalue weighted by Gasteiger charge is -2.15. The van der Waals surface area contributed by atoms with Crippen molar-refractivity contribution in [2.75, 3.05) is 19.0 Å². The van der Waals surface area contributed by atoms with E-state index in [-0.39, 0.29) is 31.5 Å². The van der Waals surface area contributed by atoms with Crippen molar-refractivity contribution < 1.29 is 19.4 Å². The third-order valence-corrected chi connectivity index (χ3v) is 4.20. The molecule has 4 atom stereocenters. The molecule has 0 N–H and O–H groups in total. The fraction of sp³-hybridized carbons (Fsp3) is 1.00. The molecule has 2 aliphatic rings. The molecular weight excluding hydrogens is 246 g/mol. The van der Waals surface area contributed by atoms with E-state index >= 15 is 0 Å². The zero-order valence-corrected chi connectivity index (χ0v) is 9.85. The van der Waals surface area contributed by atoms with E-state index in [1.54, 1.807) is 11.8 Å². The maximum Gasteiger partial charge on any atom is 0.294 e. The van der Waals surface area contributed by atoms with Crippen LogP contribution in [0.3, 0.4) is 0 Å². The summed E-state index contributed by atoms with van der Waals surface area (Å²) in [5.74, 6) is 1.06. The molecular formula is C10H19NO5S. The van der Waals surface area contributed by atoms with E-state index in [1.807, 2.05) is 0 Å². The monoisotopic (exact) mass is 265 g/mol. The maximum absolute atomic E-state index is 10.3. The lowest BCUT2D eigenvalue weighted by Crippen LogP contribution is -2.33. The standard InChI is InChI=1S/C9H15NO5S.CH4/c1-2-3-16-7-5-14-8-6(15-10(11)12)4-13-9(7)8;/h6-9H,2-5H2,1H3;1H4/t6?,7-,8-,9?;/m1./s1. The third-order valence-electron chi connectivity index (χ3n) is 2.72. The molecule has 0 spiro atoms. The van der Waals surface area contributed by atoms with E-state index in [2.05, 4.69) is 11.8 Å². The van der Waals surface area contributed by atoms with Crippen molar-refractivity contribution in [2.45, 2.75) is 44.3 Å². The minimum absolute atomic E-state index is 0. The first-order chi connectivity index (χ1) is 7.72. The fourth-order valence-electron chi connectivity index (χ4n) is 2.04. The van der Waals surface area contributed by atoms with Gasteiger partial charge in [0.1, 0.15) is 12.2 Å². The second-order valence-corrected chi connectivity index (χ2v) is 5.22. The molecule has 0 aromatic heterocycles. The average Bonchev–Trinajstić information content (AvgIpc) is 2.78. The summed E-state index contributed by atoms with van der Waals surface area (Å²) in [7, 11) is 0. The first-order valence-corrected chi connectivity index (χ1v) is 6.43. The highest BCUT2D eigenvalue weighted by Gasteiger charge is 2.49. The van der Waals surface area contributed by atoms with Gasteiger partial charge in [0, 0.05) is 0 Å². The summed E-state index contributed by atoms with van der Waals surface area (Å²) in [4.78, 5) is 14.8. The smallest absolute Gasteiger partial charge is 0.294 e. The number of hydrogen-bond acceptors (Lipinski definition) is 6. The van der Waals surface area contributed by atoms with Crippen LogP contribution in [0.4, 0.5) is 0 Å². The van der Waals surface area contributed by atoms with Gasteiger partial charge in [-0.25, -0.2) is 0 Å². The summed E-state index contributed by atoms with van der Waals surface area (Å²) in [6.45, 7) is 2.96. The highest BCUT2D eigenvalue weighted by molar-refractivity contribution is 8.00. The zero-order chi connectivity index (χ0) is 11.5. The van der Waals surface area contributed by atoms with Crippen LogP contribution >= 0.6 is 11.8 Å². The molecule has 6 nitrogen and oxygen atoms in total. The van der Waals surface area contributed by atoms with Crippen LogP contribution in [0.2, 0.25) is 0 Å². The van der Waals surface area contributed by atoms with Gasteiger partial charge >= 0.3 is 0 Å². The van der Waals surface area contributed by atoms with Gasteiger partial charge in [0.05, 0.1) is 18.5 Å². The topological polar surface area (TPSA) is 70.8 Å². The van der Waals surface area contributed by atoms with Gasteiger partial charge in [-0.2, -0.15) is 11.8 Å². The molecule has 2 unspecified atom stereocenters. The first kappa shape index (κ1) is 14.5. The van der Waals surface area contributed by atoms with Crippen LogP contribution in [0.5, 0.6) is 0 Å².